The molecule has 0 aromatic heterocycles. The molecular weight excluding hydrogens is 398 g/mol. The molecule has 0 saturated carbocycles. The van der Waals surface area contributed by atoms with Gasteiger partial charge < -0.3 is 20.1 Å². The third-order valence-electron chi connectivity index (χ3n) is 4.90. The second-order valence-corrected chi connectivity index (χ2v) is 7.50. The summed E-state index contributed by atoms with van der Waals surface area (Å²) < 4.78 is 5.74. The van der Waals surface area contributed by atoms with Crippen LogP contribution in [-0.4, -0.2) is 58.4 Å². The maximum atomic E-state index is 9.55. The largest absolute Gasteiger partial charge is 0.508 e. The minimum absolute atomic E-state index is 0.274. The molecule has 0 aliphatic carbocycles. The molecule has 1 fully saturated rings. The lowest BCUT2D eigenvalue weighted by Gasteiger charge is -2.16. The van der Waals surface area contributed by atoms with Gasteiger partial charge in [-0.3, -0.25) is 4.90 Å². The summed E-state index contributed by atoms with van der Waals surface area (Å²) in [7, 11) is 0. The zero-order valence-corrected chi connectivity index (χ0v) is 17.6. The number of benzene rings is 2. The molecule has 7 heteroatoms. The maximum absolute atomic E-state index is 9.55. The van der Waals surface area contributed by atoms with Crippen LogP contribution >= 0.6 is 0 Å². The van der Waals surface area contributed by atoms with Crippen molar-refractivity contribution in [3.63, 3.8) is 0 Å². The van der Waals surface area contributed by atoms with Gasteiger partial charge in [0.25, 0.3) is 0 Å². The number of aliphatic carboxylic acids is 2. The number of carbonyl (C=O) groups is 2. The van der Waals surface area contributed by atoms with Gasteiger partial charge >= 0.3 is 11.9 Å². The molecule has 2 aromatic rings. The van der Waals surface area contributed by atoms with Crippen LogP contribution in [0.3, 0.4) is 0 Å². The van der Waals surface area contributed by atoms with E-state index in [1.54, 1.807) is 24.3 Å². The highest BCUT2D eigenvalue weighted by atomic mass is 16.5. The predicted octanol–water partition coefficient (Wildman–Crippen LogP) is 3.36. The standard InChI is InChI=1S/C20H25NO2.C4H4O4/c1-16-2-4-17(5-3-16)14-18-10-11-21(15-18)12-13-23-20-8-6-19(22)7-9-20;5-3(6)1-2-4(7)8/h2-9,18,22H,10-15H2,1H3;1-2H,(H,5,6)(H,7,8)/b;2-1-. The van der Waals surface area contributed by atoms with Crippen molar-refractivity contribution in [2.45, 2.75) is 19.8 Å². The fourth-order valence-electron chi connectivity index (χ4n) is 3.32. The second-order valence-electron chi connectivity index (χ2n) is 7.50. The first-order valence-electron chi connectivity index (χ1n) is 10.2. The van der Waals surface area contributed by atoms with Gasteiger partial charge in [-0.25, -0.2) is 9.59 Å². The lowest BCUT2D eigenvalue weighted by molar-refractivity contribution is -0.134. The lowest BCUT2D eigenvalue weighted by Crippen LogP contribution is -2.26. The van der Waals surface area contributed by atoms with Gasteiger partial charge in [0.15, 0.2) is 0 Å². The predicted molar refractivity (Wildman–Crippen MR) is 117 cm³/mol. The number of likely N-dealkylation sites (tertiary alicyclic amines) is 1. The van der Waals surface area contributed by atoms with Gasteiger partial charge in [0.2, 0.25) is 0 Å². The number of carboxylic acid groups (broad SMARTS) is 2. The Kier molecular flexibility index (Phi) is 9.58. The van der Waals surface area contributed by atoms with Crippen LogP contribution in [0.5, 0.6) is 11.5 Å². The minimum Gasteiger partial charge on any atom is -0.508 e. The number of nitrogens with zero attached hydrogens (tertiary/aromatic N) is 1. The highest BCUT2D eigenvalue weighted by molar-refractivity contribution is 5.89. The Morgan fingerprint density at radius 3 is 2.23 bits per heavy atom. The van der Waals surface area contributed by atoms with E-state index in [2.05, 4.69) is 36.1 Å². The van der Waals surface area contributed by atoms with Crippen LogP contribution in [0.2, 0.25) is 0 Å². The van der Waals surface area contributed by atoms with E-state index in [4.69, 9.17) is 14.9 Å². The Morgan fingerprint density at radius 1 is 1.03 bits per heavy atom. The van der Waals surface area contributed by atoms with E-state index in [1.807, 2.05) is 0 Å². The molecule has 1 saturated heterocycles. The highest BCUT2D eigenvalue weighted by Crippen LogP contribution is 2.21. The number of hydrogen-bond donors (Lipinski definition) is 3. The third-order valence-corrected chi connectivity index (χ3v) is 4.90. The van der Waals surface area contributed by atoms with Crippen molar-refractivity contribution in [1.29, 1.82) is 0 Å². The number of aromatic hydroxyl groups is 1. The van der Waals surface area contributed by atoms with Gasteiger partial charge in [0, 0.05) is 25.2 Å². The van der Waals surface area contributed by atoms with Crippen LogP contribution < -0.4 is 4.74 Å². The van der Waals surface area contributed by atoms with Gasteiger partial charge in [0.05, 0.1) is 0 Å². The average Bonchev–Trinajstić information content (AvgIpc) is 3.17. The number of carboxylic acids is 2. The SMILES string of the molecule is Cc1ccc(CC2CCN(CCOc3ccc(O)cc3)C2)cc1.O=C(O)/C=C\C(=O)O. The first kappa shape index (κ1) is 24.0. The first-order chi connectivity index (χ1) is 14.8. The van der Waals surface area contributed by atoms with Crippen LogP contribution in [0, 0.1) is 12.8 Å². The molecule has 0 amide bonds. The molecule has 1 heterocycles. The summed E-state index contributed by atoms with van der Waals surface area (Å²) in [6, 6.07) is 15.8. The summed E-state index contributed by atoms with van der Waals surface area (Å²) in [6.07, 6.45) is 3.56. The van der Waals surface area contributed by atoms with Crippen molar-refractivity contribution in [1.82, 2.24) is 4.90 Å². The van der Waals surface area contributed by atoms with Crippen LogP contribution in [0.1, 0.15) is 17.5 Å². The second kappa shape index (κ2) is 12.4. The summed E-state index contributed by atoms with van der Waals surface area (Å²) in [5.41, 5.74) is 2.77. The molecule has 0 radical (unpaired) electrons. The van der Waals surface area contributed by atoms with Crippen molar-refractivity contribution in [2.75, 3.05) is 26.2 Å². The van der Waals surface area contributed by atoms with Crippen molar-refractivity contribution >= 4 is 11.9 Å². The van der Waals surface area contributed by atoms with Crippen LogP contribution in [0.4, 0.5) is 0 Å². The Labute approximate surface area is 182 Å². The average molecular weight is 427 g/mol. The monoisotopic (exact) mass is 427 g/mol. The summed E-state index contributed by atoms with van der Waals surface area (Å²) in [5, 5.41) is 24.9. The van der Waals surface area contributed by atoms with Crippen molar-refractivity contribution in [3.05, 3.63) is 71.8 Å². The molecule has 166 valence electrons. The normalized spacial score (nSPS) is 16.0. The molecule has 1 atom stereocenters. The van der Waals surface area contributed by atoms with E-state index >= 15 is 0 Å². The first-order valence-corrected chi connectivity index (χ1v) is 10.2. The summed E-state index contributed by atoms with van der Waals surface area (Å²) in [6.45, 7) is 6.12. The minimum atomic E-state index is -1.26. The van der Waals surface area contributed by atoms with E-state index in [-0.39, 0.29) is 5.75 Å². The summed E-state index contributed by atoms with van der Waals surface area (Å²) in [5.74, 6) is -0.666. The number of aryl methyl sites for hydroxylation is 1. The van der Waals surface area contributed by atoms with Gasteiger partial charge in [0.1, 0.15) is 18.1 Å². The molecule has 0 bridgehead atoms. The molecule has 31 heavy (non-hydrogen) atoms. The maximum Gasteiger partial charge on any atom is 0.328 e. The number of hydrogen-bond acceptors (Lipinski definition) is 5. The van der Waals surface area contributed by atoms with Gasteiger partial charge in [-0.15, -0.1) is 0 Å². The van der Waals surface area contributed by atoms with E-state index < -0.39 is 11.9 Å². The fourth-order valence-corrected chi connectivity index (χ4v) is 3.32. The Morgan fingerprint density at radius 2 is 1.65 bits per heavy atom. The summed E-state index contributed by atoms with van der Waals surface area (Å²) in [4.78, 5) is 21.6. The zero-order chi connectivity index (χ0) is 22.6. The van der Waals surface area contributed by atoms with Gasteiger partial charge in [-0.2, -0.15) is 0 Å². The number of ether oxygens (including phenoxy) is 1. The van der Waals surface area contributed by atoms with Gasteiger partial charge in [-0.1, -0.05) is 29.8 Å². The number of phenolic OH excluding ortho intramolecular Hbond substituents is 1. The Balaban J connectivity index is 0.000000366. The molecule has 3 N–H and O–H groups in total. The molecule has 7 nitrogen and oxygen atoms in total. The third kappa shape index (κ3) is 9.82. The Hall–Kier alpha value is -3.32. The van der Waals surface area contributed by atoms with Crippen molar-refractivity contribution in [3.8, 4) is 11.5 Å². The molecule has 3 rings (SSSR count). The van der Waals surface area contributed by atoms with E-state index in [1.165, 1.54) is 24.0 Å². The smallest absolute Gasteiger partial charge is 0.328 e. The van der Waals surface area contributed by atoms with E-state index in [0.717, 1.165) is 31.3 Å². The quantitative estimate of drug-likeness (QED) is 0.555. The van der Waals surface area contributed by atoms with Crippen LogP contribution in [0.25, 0.3) is 0 Å². The molecule has 1 aliphatic heterocycles. The lowest BCUT2D eigenvalue weighted by atomic mass is 9.98. The number of phenols is 1. The number of rotatable bonds is 8. The van der Waals surface area contributed by atoms with E-state index in [9.17, 15) is 14.7 Å². The van der Waals surface area contributed by atoms with E-state index in [0.29, 0.717) is 18.8 Å². The molecule has 1 aliphatic rings. The van der Waals surface area contributed by atoms with Crippen molar-refractivity contribution in [2.24, 2.45) is 5.92 Å². The van der Waals surface area contributed by atoms with Crippen LogP contribution in [0.15, 0.2) is 60.7 Å². The summed E-state index contributed by atoms with van der Waals surface area (Å²) >= 11 is 0. The van der Waals surface area contributed by atoms with Gasteiger partial charge in [-0.05, 0) is 62.1 Å². The fraction of sp³-hybridized carbons (Fsp3) is 0.333. The molecule has 1 unspecified atom stereocenters. The molecular formula is C24H29NO6. The van der Waals surface area contributed by atoms with Crippen molar-refractivity contribution < 1.29 is 29.6 Å². The highest BCUT2D eigenvalue weighted by Gasteiger charge is 2.22. The van der Waals surface area contributed by atoms with Crippen LogP contribution in [-0.2, 0) is 16.0 Å². The Bertz CT molecular complexity index is 845. The molecule has 0 spiro atoms. The zero-order valence-electron chi connectivity index (χ0n) is 17.6. The molecule has 2 aromatic carbocycles. The topological polar surface area (TPSA) is 107 Å².